The van der Waals surface area contributed by atoms with Crippen molar-refractivity contribution in [2.45, 2.75) is 32.8 Å². The zero-order valence-corrected chi connectivity index (χ0v) is 17.5. The van der Waals surface area contributed by atoms with Gasteiger partial charge in [-0.25, -0.2) is 4.79 Å². The van der Waals surface area contributed by atoms with Crippen LogP contribution in [-0.4, -0.2) is 94.6 Å². The van der Waals surface area contributed by atoms with E-state index in [2.05, 4.69) is 10.6 Å². The molecule has 0 heterocycles. The Balaban J connectivity index is 3.30. The first-order valence-electron chi connectivity index (χ1n) is 9.47. The number of carbonyl (C=O) groups is 3. The van der Waals surface area contributed by atoms with Crippen LogP contribution in [0.2, 0.25) is 0 Å². The molecule has 0 aliphatic carbocycles. The average molecular weight is 422 g/mol. The number of rotatable bonds is 17. The number of hydrogen-bond donors (Lipinski definition) is 3. The van der Waals surface area contributed by atoms with Crippen molar-refractivity contribution >= 4 is 18.0 Å². The summed E-state index contributed by atoms with van der Waals surface area (Å²) in [6.07, 6.45) is -0.661. The summed E-state index contributed by atoms with van der Waals surface area (Å²) >= 11 is 0. The summed E-state index contributed by atoms with van der Waals surface area (Å²) in [7, 11) is 0. The highest BCUT2D eigenvalue weighted by Gasteiger charge is 2.16. The zero-order valence-electron chi connectivity index (χ0n) is 17.5. The van der Waals surface area contributed by atoms with E-state index in [9.17, 15) is 14.4 Å². The maximum absolute atomic E-state index is 11.6. The molecular weight excluding hydrogens is 388 g/mol. The third kappa shape index (κ3) is 22.2. The molecular formula is C18H34N2O9. The number of carbonyl (C=O) groups excluding carboxylic acids is 2. The van der Waals surface area contributed by atoms with Gasteiger partial charge in [0.25, 0.3) is 0 Å². The summed E-state index contributed by atoms with van der Waals surface area (Å²) in [5.74, 6) is -1.22. The quantitative estimate of drug-likeness (QED) is 0.280. The van der Waals surface area contributed by atoms with Gasteiger partial charge in [0.05, 0.1) is 65.8 Å². The topological polar surface area (TPSA) is 142 Å². The molecule has 0 radical (unpaired) electrons. The Morgan fingerprint density at radius 3 is 1.72 bits per heavy atom. The standard InChI is InChI=1S/C18H34N2O9/c1-18(2,3)29-17(24)20-14-15(21)19-5-7-26-9-11-28-13-12-27-10-8-25-6-4-16(22)23/h4-14H2,1-3H3,(H,19,21)(H,20,24)(H,22,23). The van der Waals surface area contributed by atoms with Gasteiger partial charge in [-0.15, -0.1) is 0 Å². The fourth-order valence-corrected chi connectivity index (χ4v) is 1.71. The molecule has 11 heteroatoms. The molecule has 0 rings (SSSR count). The van der Waals surface area contributed by atoms with E-state index in [4.69, 9.17) is 28.8 Å². The molecule has 2 amide bonds. The van der Waals surface area contributed by atoms with Gasteiger partial charge in [-0.2, -0.15) is 0 Å². The van der Waals surface area contributed by atoms with Gasteiger partial charge in [-0.1, -0.05) is 0 Å². The Kier molecular flexibility index (Phi) is 15.8. The predicted octanol–water partition coefficient (Wildman–Crippen LogP) is 0.168. The Hall–Kier alpha value is -1.95. The molecule has 0 saturated heterocycles. The molecule has 0 aromatic heterocycles. The normalized spacial score (nSPS) is 11.1. The first kappa shape index (κ1) is 27.0. The van der Waals surface area contributed by atoms with Crippen LogP contribution in [-0.2, 0) is 33.3 Å². The van der Waals surface area contributed by atoms with Gasteiger partial charge in [0, 0.05) is 6.54 Å². The lowest BCUT2D eigenvalue weighted by Gasteiger charge is -2.19. The van der Waals surface area contributed by atoms with Crippen LogP contribution in [0.15, 0.2) is 0 Å². The second-order valence-electron chi connectivity index (χ2n) is 6.80. The molecule has 0 aromatic rings. The number of carboxylic acids is 1. The van der Waals surface area contributed by atoms with E-state index in [-0.39, 0.29) is 25.5 Å². The molecule has 0 saturated carbocycles. The Bertz CT molecular complexity index is 467. The zero-order chi connectivity index (χ0) is 22.0. The van der Waals surface area contributed by atoms with Crippen LogP contribution in [0.4, 0.5) is 4.79 Å². The summed E-state index contributed by atoms with van der Waals surface area (Å²) in [6, 6.07) is 0. The lowest BCUT2D eigenvalue weighted by Crippen LogP contribution is -2.40. The Labute approximate surface area is 171 Å². The van der Waals surface area contributed by atoms with Crippen molar-refractivity contribution in [3.63, 3.8) is 0 Å². The van der Waals surface area contributed by atoms with Crippen LogP contribution in [0.25, 0.3) is 0 Å². The van der Waals surface area contributed by atoms with Gasteiger partial charge >= 0.3 is 12.1 Å². The number of ether oxygens (including phenoxy) is 5. The molecule has 29 heavy (non-hydrogen) atoms. The lowest BCUT2D eigenvalue weighted by atomic mass is 10.2. The molecule has 0 bridgehead atoms. The van der Waals surface area contributed by atoms with Crippen molar-refractivity contribution in [3.8, 4) is 0 Å². The number of alkyl carbamates (subject to hydrolysis) is 1. The third-order valence-electron chi connectivity index (χ3n) is 2.94. The van der Waals surface area contributed by atoms with Crippen LogP contribution in [0, 0.1) is 0 Å². The van der Waals surface area contributed by atoms with Gasteiger partial charge in [-0.3, -0.25) is 9.59 Å². The van der Waals surface area contributed by atoms with E-state index in [0.29, 0.717) is 52.8 Å². The smallest absolute Gasteiger partial charge is 0.408 e. The van der Waals surface area contributed by atoms with Crippen molar-refractivity contribution in [2.24, 2.45) is 0 Å². The molecule has 0 spiro atoms. The van der Waals surface area contributed by atoms with E-state index in [1.165, 1.54) is 0 Å². The summed E-state index contributed by atoms with van der Waals surface area (Å²) < 4.78 is 26.0. The fourth-order valence-electron chi connectivity index (χ4n) is 1.71. The summed E-state index contributed by atoms with van der Waals surface area (Å²) in [4.78, 5) is 33.2. The molecule has 0 unspecified atom stereocenters. The second-order valence-corrected chi connectivity index (χ2v) is 6.80. The second kappa shape index (κ2) is 17.0. The van der Waals surface area contributed by atoms with Crippen LogP contribution in [0.1, 0.15) is 27.2 Å². The number of carboxylic acid groups (broad SMARTS) is 1. The number of aliphatic carboxylic acids is 1. The van der Waals surface area contributed by atoms with E-state index in [0.717, 1.165) is 0 Å². The number of hydrogen-bond acceptors (Lipinski definition) is 8. The molecule has 11 nitrogen and oxygen atoms in total. The predicted molar refractivity (Wildman–Crippen MR) is 103 cm³/mol. The van der Waals surface area contributed by atoms with Gasteiger partial charge < -0.3 is 39.4 Å². The Morgan fingerprint density at radius 2 is 1.24 bits per heavy atom. The van der Waals surface area contributed by atoms with Crippen molar-refractivity contribution in [1.29, 1.82) is 0 Å². The minimum absolute atomic E-state index is 0.0181. The maximum Gasteiger partial charge on any atom is 0.408 e. The maximum atomic E-state index is 11.6. The molecule has 0 aliphatic rings. The first-order chi connectivity index (χ1) is 13.7. The van der Waals surface area contributed by atoms with Crippen LogP contribution >= 0.6 is 0 Å². The van der Waals surface area contributed by atoms with E-state index in [1.807, 2.05) is 0 Å². The van der Waals surface area contributed by atoms with Crippen molar-refractivity contribution in [2.75, 3.05) is 65.9 Å². The lowest BCUT2D eigenvalue weighted by molar-refractivity contribution is -0.138. The number of nitrogens with one attached hydrogen (secondary N) is 2. The van der Waals surface area contributed by atoms with Crippen molar-refractivity contribution in [1.82, 2.24) is 10.6 Å². The summed E-state index contributed by atoms with van der Waals surface area (Å²) in [5.41, 5.74) is -0.611. The van der Waals surface area contributed by atoms with Gasteiger partial charge in [0.1, 0.15) is 5.60 Å². The molecule has 0 atom stereocenters. The summed E-state index contributed by atoms with van der Waals surface area (Å²) in [5, 5.41) is 13.4. The van der Waals surface area contributed by atoms with Crippen molar-refractivity contribution in [3.05, 3.63) is 0 Å². The molecule has 3 N–H and O–H groups in total. The molecule has 0 aromatic carbocycles. The van der Waals surface area contributed by atoms with Crippen LogP contribution < -0.4 is 10.6 Å². The molecule has 0 aliphatic heterocycles. The fraction of sp³-hybridized carbons (Fsp3) is 0.833. The third-order valence-corrected chi connectivity index (χ3v) is 2.94. The van der Waals surface area contributed by atoms with E-state index >= 15 is 0 Å². The van der Waals surface area contributed by atoms with Gasteiger partial charge in [0.2, 0.25) is 5.91 Å². The highest BCUT2D eigenvalue weighted by Crippen LogP contribution is 2.05. The number of amides is 2. The van der Waals surface area contributed by atoms with Crippen molar-refractivity contribution < 1.29 is 43.2 Å². The van der Waals surface area contributed by atoms with Crippen LogP contribution in [0.5, 0.6) is 0 Å². The molecule has 0 fully saturated rings. The Morgan fingerprint density at radius 1 is 0.759 bits per heavy atom. The molecule has 170 valence electrons. The summed E-state index contributed by atoms with van der Waals surface area (Å²) in [6.45, 7) is 8.18. The van der Waals surface area contributed by atoms with E-state index < -0.39 is 17.7 Å². The minimum atomic E-state index is -0.890. The van der Waals surface area contributed by atoms with Gasteiger partial charge in [-0.05, 0) is 20.8 Å². The largest absolute Gasteiger partial charge is 0.481 e. The van der Waals surface area contributed by atoms with Gasteiger partial charge in [0.15, 0.2) is 0 Å². The highest BCUT2D eigenvalue weighted by atomic mass is 16.6. The van der Waals surface area contributed by atoms with E-state index in [1.54, 1.807) is 20.8 Å². The minimum Gasteiger partial charge on any atom is -0.481 e. The monoisotopic (exact) mass is 422 g/mol. The first-order valence-corrected chi connectivity index (χ1v) is 9.47. The van der Waals surface area contributed by atoms with Crippen LogP contribution in [0.3, 0.4) is 0 Å². The SMILES string of the molecule is CC(C)(C)OC(=O)NCC(=O)NCCOCCOCCOCCOCCC(=O)O. The average Bonchev–Trinajstić information content (AvgIpc) is 2.61. The highest BCUT2D eigenvalue weighted by molar-refractivity contribution is 5.82.